The first-order valence-electron chi connectivity index (χ1n) is 5.87. The van der Waals surface area contributed by atoms with Gasteiger partial charge in [-0.05, 0) is 24.3 Å². The number of nitrogens with two attached hydrogens (primary N) is 1. The summed E-state index contributed by atoms with van der Waals surface area (Å²) in [4.78, 5) is 17.6. The Morgan fingerprint density at radius 3 is 2.74 bits per heavy atom. The lowest BCUT2D eigenvalue weighted by molar-refractivity contribution is 0.0988. The Kier molecular flexibility index (Phi) is 3.91. The van der Waals surface area contributed by atoms with Crippen LogP contribution in [0.3, 0.4) is 0 Å². The Labute approximate surface area is 110 Å². The average Bonchev–Trinajstić information content (AvgIpc) is 2.87. The number of imidazole rings is 1. The lowest BCUT2D eigenvalue weighted by atomic mass is 10.2. The van der Waals surface area contributed by atoms with Crippen molar-refractivity contribution in [3.8, 4) is 0 Å². The number of nitrogens with zero attached hydrogens (tertiary/aromatic N) is 3. The number of amides is 1. The molecule has 2 rings (SSSR count). The van der Waals surface area contributed by atoms with Crippen LogP contribution in [0.25, 0.3) is 0 Å². The molecule has 0 saturated heterocycles. The summed E-state index contributed by atoms with van der Waals surface area (Å²) in [7, 11) is 1.62. The number of benzene rings is 1. The topological polar surface area (TPSA) is 64.2 Å². The van der Waals surface area contributed by atoms with Gasteiger partial charge in [-0.1, -0.05) is 0 Å². The maximum absolute atomic E-state index is 12.8. The van der Waals surface area contributed by atoms with Gasteiger partial charge >= 0.3 is 0 Å². The minimum Gasteiger partial charge on any atom is -0.335 e. The number of hydrogen-bond donors (Lipinski definition) is 1. The first-order chi connectivity index (χ1) is 9.11. The number of hydrogen-bond acceptors (Lipinski definition) is 3. The van der Waals surface area contributed by atoms with Crippen LogP contribution in [0.2, 0.25) is 0 Å². The third-order valence-electron chi connectivity index (χ3n) is 2.76. The van der Waals surface area contributed by atoms with E-state index in [1.165, 1.54) is 17.0 Å². The molecule has 2 aromatic rings. The summed E-state index contributed by atoms with van der Waals surface area (Å²) in [6.45, 7) is 1.10. The SMILES string of the molecule is CN(C(=O)c1cn(CCN)cn1)c1ccc(F)cc1. The molecule has 0 aliphatic rings. The van der Waals surface area contributed by atoms with Crippen molar-refractivity contribution in [3.63, 3.8) is 0 Å². The molecule has 0 spiro atoms. The second-order valence-corrected chi connectivity index (χ2v) is 4.13. The van der Waals surface area contributed by atoms with E-state index in [2.05, 4.69) is 4.98 Å². The number of anilines is 1. The van der Waals surface area contributed by atoms with Crippen LogP contribution in [0.5, 0.6) is 0 Å². The molecule has 0 atom stereocenters. The van der Waals surface area contributed by atoms with Gasteiger partial charge in [0.05, 0.1) is 6.33 Å². The van der Waals surface area contributed by atoms with Gasteiger partial charge in [0.1, 0.15) is 11.5 Å². The van der Waals surface area contributed by atoms with Crippen molar-refractivity contribution in [1.29, 1.82) is 0 Å². The van der Waals surface area contributed by atoms with Gasteiger partial charge in [-0.15, -0.1) is 0 Å². The monoisotopic (exact) mass is 262 g/mol. The van der Waals surface area contributed by atoms with Gasteiger partial charge in [0.25, 0.3) is 5.91 Å². The molecule has 2 N–H and O–H groups in total. The largest absolute Gasteiger partial charge is 0.335 e. The highest BCUT2D eigenvalue weighted by molar-refractivity contribution is 6.04. The zero-order chi connectivity index (χ0) is 13.8. The Morgan fingerprint density at radius 1 is 1.42 bits per heavy atom. The summed E-state index contributed by atoms with van der Waals surface area (Å²) in [5.74, 6) is -0.584. The number of aromatic nitrogens is 2. The summed E-state index contributed by atoms with van der Waals surface area (Å²) in [5.41, 5.74) is 6.38. The summed E-state index contributed by atoms with van der Waals surface area (Å²) >= 11 is 0. The van der Waals surface area contributed by atoms with Gasteiger partial charge in [0.2, 0.25) is 0 Å². The van der Waals surface area contributed by atoms with Crippen molar-refractivity contribution >= 4 is 11.6 Å². The zero-order valence-corrected chi connectivity index (χ0v) is 10.6. The molecular weight excluding hydrogens is 247 g/mol. The fourth-order valence-electron chi connectivity index (χ4n) is 1.70. The number of rotatable bonds is 4. The Hall–Kier alpha value is -2.21. The highest BCUT2D eigenvalue weighted by Crippen LogP contribution is 2.15. The van der Waals surface area contributed by atoms with Gasteiger partial charge in [0.15, 0.2) is 0 Å². The minimum absolute atomic E-state index is 0.248. The average molecular weight is 262 g/mol. The maximum Gasteiger partial charge on any atom is 0.278 e. The van der Waals surface area contributed by atoms with E-state index in [0.29, 0.717) is 24.5 Å². The van der Waals surface area contributed by atoms with Gasteiger partial charge in [-0.3, -0.25) is 4.79 Å². The molecule has 1 amide bonds. The summed E-state index contributed by atoms with van der Waals surface area (Å²) in [6.07, 6.45) is 3.22. The highest BCUT2D eigenvalue weighted by Gasteiger charge is 2.16. The molecule has 0 bridgehead atoms. The van der Waals surface area contributed by atoms with Crippen molar-refractivity contribution < 1.29 is 9.18 Å². The first kappa shape index (κ1) is 13.2. The first-order valence-corrected chi connectivity index (χ1v) is 5.87. The Balaban J connectivity index is 2.15. The fourth-order valence-corrected chi connectivity index (χ4v) is 1.70. The zero-order valence-electron chi connectivity index (χ0n) is 10.6. The summed E-state index contributed by atoms with van der Waals surface area (Å²) in [6, 6.07) is 5.71. The van der Waals surface area contributed by atoms with Crippen LogP contribution in [0.15, 0.2) is 36.8 Å². The predicted molar refractivity (Wildman–Crippen MR) is 70.4 cm³/mol. The van der Waals surface area contributed by atoms with Gasteiger partial charge in [-0.2, -0.15) is 0 Å². The van der Waals surface area contributed by atoms with E-state index >= 15 is 0 Å². The standard InChI is InChI=1S/C13H15FN4O/c1-17(11-4-2-10(14)3-5-11)13(19)12-8-18(7-6-15)9-16-12/h2-5,8-9H,6-7,15H2,1H3. The Morgan fingerprint density at radius 2 is 2.11 bits per heavy atom. The molecule has 0 radical (unpaired) electrons. The van der Waals surface area contributed by atoms with Gasteiger partial charge < -0.3 is 15.2 Å². The van der Waals surface area contributed by atoms with Crippen LogP contribution in [-0.4, -0.2) is 29.1 Å². The number of carbonyl (C=O) groups excluding carboxylic acids is 1. The number of halogens is 1. The van der Waals surface area contributed by atoms with E-state index < -0.39 is 0 Å². The van der Waals surface area contributed by atoms with Gasteiger partial charge in [0, 0.05) is 32.0 Å². The summed E-state index contributed by atoms with van der Waals surface area (Å²) in [5, 5.41) is 0. The van der Waals surface area contributed by atoms with Crippen LogP contribution in [-0.2, 0) is 6.54 Å². The number of carbonyl (C=O) groups is 1. The van der Waals surface area contributed by atoms with Crippen molar-refractivity contribution in [2.45, 2.75) is 6.54 Å². The van der Waals surface area contributed by atoms with E-state index in [0.717, 1.165) is 0 Å². The van der Waals surface area contributed by atoms with Crippen molar-refractivity contribution in [1.82, 2.24) is 9.55 Å². The quantitative estimate of drug-likeness (QED) is 0.902. The maximum atomic E-state index is 12.8. The van der Waals surface area contributed by atoms with Crippen molar-refractivity contribution in [2.75, 3.05) is 18.5 Å². The summed E-state index contributed by atoms with van der Waals surface area (Å²) < 4.78 is 14.6. The van der Waals surface area contributed by atoms with Crippen molar-refractivity contribution in [2.24, 2.45) is 5.73 Å². The third-order valence-corrected chi connectivity index (χ3v) is 2.76. The molecule has 6 heteroatoms. The van der Waals surface area contributed by atoms with Crippen LogP contribution < -0.4 is 10.6 Å². The van der Waals surface area contributed by atoms with E-state index in [1.807, 2.05) is 0 Å². The smallest absolute Gasteiger partial charge is 0.278 e. The van der Waals surface area contributed by atoms with Crippen LogP contribution in [0, 0.1) is 5.82 Å². The van der Waals surface area contributed by atoms with Gasteiger partial charge in [-0.25, -0.2) is 9.37 Å². The lowest BCUT2D eigenvalue weighted by Gasteiger charge is -2.15. The predicted octanol–water partition coefficient (Wildman–Crippen LogP) is 1.26. The molecule has 1 aromatic heterocycles. The lowest BCUT2D eigenvalue weighted by Crippen LogP contribution is -2.26. The van der Waals surface area contributed by atoms with Crippen molar-refractivity contribution in [3.05, 3.63) is 48.3 Å². The molecule has 1 aromatic carbocycles. The normalized spacial score (nSPS) is 10.5. The highest BCUT2D eigenvalue weighted by atomic mass is 19.1. The minimum atomic E-state index is -0.336. The van der Waals surface area contributed by atoms with Crippen LogP contribution in [0.1, 0.15) is 10.5 Å². The molecule has 100 valence electrons. The second-order valence-electron chi connectivity index (χ2n) is 4.13. The molecule has 0 saturated carbocycles. The van der Waals surface area contributed by atoms with E-state index in [9.17, 15) is 9.18 Å². The second kappa shape index (κ2) is 5.62. The van der Waals surface area contributed by atoms with Crippen LogP contribution in [0.4, 0.5) is 10.1 Å². The molecule has 19 heavy (non-hydrogen) atoms. The molecule has 0 fully saturated rings. The molecule has 0 unspecified atom stereocenters. The van der Waals surface area contributed by atoms with E-state index in [-0.39, 0.29) is 11.7 Å². The molecular formula is C13H15FN4O. The molecule has 5 nitrogen and oxygen atoms in total. The molecule has 0 aliphatic heterocycles. The van der Waals surface area contributed by atoms with Crippen LogP contribution >= 0.6 is 0 Å². The Bertz CT molecular complexity index is 564. The van der Waals surface area contributed by atoms with E-state index in [4.69, 9.17) is 5.73 Å². The molecule has 1 heterocycles. The molecule has 0 aliphatic carbocycles. The van der Waals surface area contributed by atoms with E-state index in [1.54, 1.807) is 36.3 Å². The fraction of sp³-hybridized carbons (Fsp3) is 0.231. The third kappa shape index (κ3) is 2.97.